The largest absolute Gasteiger partial charge is 0.455 e. The van der Waals surface area contributed by atoms with Crippen molar-refractivity contribution in [2.75, 3.05) is 0 Å². The lowest BCUT2D eigenvalue weighted by molar-refractivity contribution is -0.145. The zero-order chi connectivity index (χ0) is 8.85. The van der Waals surface area contributed by atoms with Gasteiger partial charge in [-0.15, -0.1) is 0 Å². The first-order valence-corrected chi connectivity index (χ1v) is 3.61. The summed E-state index contributed by atoms with van der Waals surface area (Å²) in [6.45, 7) is 3.47. The summed E-state index contributed by atoms with van der Waals surface area (Å²) in [4.78, 5) is 10.8. The molecule has 0 aliphatic heterocycles. The second-order valence-corrected chi connectivity index (χ2v) is 2.34. The molecule has 0 saturated heterocycles. The van der Waals surface area contributed by atoms with Crippen LogP contribution < -0.4 is 5.73 Å². The molecule has 0 aromatic rings. The van der Waals surface area contributed by atoms with E-state index in [1.54, 1.807) is 6.92 Å². The molecule has 1 atom stereocenters. The molecule has 1 unspecified atom stereocenters. The molecule has 0 radical (unpaired) electrons. The fraction of sp³-hybridized carbons (Fsp3) is 0.714. The number of hydrogen-bond donors (Lipinski definition) is 2. The first-order valence-electron chi connectivity index (χ1n) is 3.61. The lowest BCUT2D eigenvalue weighted by atomic mass is 10.3. The third kappa shape index (κ3) is 4.36. The number of nitrogens with one attached hydrogen (secondary N) is 1. The lowest BCUT2D eigenvalue weighted by Gasteiger charge is -2.10. The van der Waals surface area contributed by atoms with Crippen LogP contribution in [0, 0.1) is 5.41 Å². The van der Waals surface area contributed by atoms with Gasteiger partial charge in [0.05, 0.1) is 0 Å². The van der Waals surface area contributed by atoms with Crippen LogP contribution in [-0.2, 0) is 9.53 Å². The second-order valence-electron chi connectivity index (χ2n) is 2.34. The predicted octanol–water partition coefficient (Wildman–Crippen LogP) is 0.654. The predicted molar refractivity (Wildman–Crippen MR) is 42.4 cm³/mol. The van der Waals surface area contributed by atoms with Crippen LogP contribution in [0.4, 0.5) is 0 Å². The Morgan fingerprint density at radius 2 is 2.27 bits per heavy atom. The Hall–Kier alpha value is -1.06. The Balaban J connectivity index is 3.66. The van der Waals surface area contributed by atoms with Gasteiger partial charge in [0.15, 0.2) is 6.10 Å². The fourth-order valence-corrected chi connectivity index (χ4v) is 0.524. The molecule has 0 amide bonds. The molecule has 0 spiro atoms. The van der Waals surface area contributed by atoms with Crippen molar-refractivity contribution in [1.82, 2.24) is 0 Å². The highest BCUT2D eigenvalue weighted by molar-refractivity contribution is 5.84. The Labute approximate surface area is 66.2 Å². The van der Waals surface area contributed by atoms with Crippen LogP contribution in [-0.4, -0.2) is 17.9 Å². The minimum Gasteiger partial charge on any atom is -0.455 e. The molecule has 4 nitrogen and oxygen atoms in total. The van der Waals surface area contributed by atoms with Crippen LogP contribution in [0.25, 0.3) is 0 Å². The molecule has 11 heavy (non-hydrogen) atoms. The maximum absolute atomic E-state index is 10.8. The topological polar surface area (TPSA) is 76.2 Å². The van der Waals surface area contributed by atoms with Gasteiger partial charge in [-0.3, -0.25) is 10.2 Å². The number of carbonyl (C=O) groups excluding carboxylic acids is 1. The van der Waals surface area contributed by atoms with E-state index < -0.39 is 6.10 Å². The molecule has 0 bridgehead atoms. The summed E-state index contributed by atoms with van der Waals surface area (Å²) in [6, 6.07) is 0. The van der Waals surface area contributed by atoms with Crippen molar-refractivity contribution in [3.05, 3.63) is 0 Å². The van der Waals surface area contributed by atoms with Gasteiger partial charge in [0.1, 0.15) is 5.84 Å². The molecule has 0 fully saturated rings. The summed E-state index contributed by atoms with van der Waals surface area (Å²) in [7, 11) is 0. The highest BCUT2D eigenvalue weighted by Crippen LogP contribution is 1.96. The number of amidine groups is 1. The molecular weight excluding hydrogens is 144 g/mol. The van der Waals surface area contributed by atoms with Crippen molar-refractivity contribution >= 4 is 11.8 Å². The van der Waals surface area contributed by atoms with Crippen molar-refractivity contribution in [2.45, 2.75) is 32.8 Å². The van der Waals surface area contributed by atoms with E-state index in [1.165, 1.54) is 0 Å². The van der Waals surface area contributed by atoms with Crippen LogP contribution >= 0.6 is 0 Å². The molecular formula is C7H14N2O2. The SMILES string of the molecule is CCCC(=O)OC(C)C(=N)N. The zero-order valence-electron chi connectivity index (χ0n) is 6.89. The van der Waals surface area contributed by atoms with Crippen molar-refractivity contribution < 1.29 is 9.53 Å². The van der Waals surface area contributed by atoms with Gasteiger partial charge in [0, 0.05) is 6.42 Å². The summed E-state index contributed by atoms with van der Waals surface area (Å²) in [5.74, 6) is -0.412. The molecule has 4 heteroatoms. The van der Waals surface area contributed by atoms with Gasteiger partial charge >= 0.3 is 5.97 Å². The van der Waals surface area contributed by atoms with E-state index in [0.717, 1.165) is 6.42 Å². The monoisotopic (exact) mass is 158 g/mol. The van der Waals surface area contributed by atoms with Gasteiger partial charge in [0.25, 0.3) is 0 Å². The first kappa shape index (κ1) is 9.94. The molecule has 3 N–H and O–H groups in total. The molecule has 0 aromatic carbocycles. The standard InChI is InChI=1S/C7H14N2O2/c1-3-4-6(10)11-5(2)7(8)9/h5H,3-4H2,1-2H3,(H3,8,9). The maximum atomic E-state index is 10.8. The van der Waals surface area contributed by atoms with E-state index >= 15 is 0 Å². The smallest absolute Gasteiger partial charge is 0.306 e. The van der Waals surface area contributed by atoms with E-state index in [9.17, 15) is 4.79 Å². The lowest BCUT2D eigenvalue weighted by Crippen LogP contribution is -2.29. The number of carbonyl (C=O) groups is 1. The van der Waals surface area contributed by atoms with Crippen molar-refractivity contribution in [1.29, 1.82) is 5.41 Å². The Morgan fingerprint density at radius 3 is 2.64 bits per heavy atom. The summed E-state index contributed by atoms with van der Waals surface area (Å²) in [5, 5.41) is 6.93. The average Bonchev–Trinajstić information content (AvgIpc) is 1.87. The normalized spacial score (nSPS) is 12.2. The quantitative estimate of drug-likeness (QED) is 0.358. The third-order valence-corrected chi connectivity index (χ3v) is 1.20. The van der Waals surface area contributed by atoms with Crippen LogP contribution in [0.1, 0.15) is 26.7 Å². The summed E-state index contributed by atoms with van der Waals surface area (Å²) >= 11 is 0. The van der Waals surface area contributed by atoms with Crippen LogP contribution in [0.5, 0.6) is 0 Å². The van der Waals surface area contributed by atoms with Gasteiger partial charge in [-0.1, -0.05) is 6.92 Å². The van der Waals surface area contributed by atoms with Gasteiger partial charge in [-0.2, -0.15) is 0 Å². The number of nitrogens with two attached hydrogens (primary N) is 1. The number of esters is 1. The molecule has 0 rings (SSSR count). The van der Waals surface area contributed by atoms with Gasteiger partial charge in [-0.05, 0) is 13.3 Å². The Bertz CT molecular complexity index is 157. The Kier molecular flexibility index (Phi) is 4.26. The average molecular weight is 158 g/mol. The molecule has 0 heterocycles. The van der Waals surface area contributed by atoms with Crippen molar-refractivity contribution in [3.8, 4) is 0 Å². The molecule has 0 aliphatic carbocycles. The molecule has 0 aliphatic rings. The minimum atomic E-state index is -0.589. The fourth-order valence-electron chi connectivity index (χ4n) is 0.524. The highest BCUT2D eigenvalue weighted by Gasteiger charge is 2.09. The highest BCUT2D eigenvalue weighted by atomic mass is 16.5. The second kappa shape index (κ2) is 4.71. The molecule has 0 saturated carbocycles. The Morgan fingerprint density at radius 1 is 1.73 bits per heavy atom. The summed E-state index contributed by atoms with van der Waals surface area (Å²) in [6.07, 6.45) is 0.551. The van der Waals surface area contributed by atoms with E-state index in [1.807, 2.05) is 6.92 Å². The molecule has 64 valence electrons. The molecule has 0 aromatic heterocycles. The number of hydrogen-bond acceptors (Lipinski definition) is 3. The number of rotatable bonds is 4. The van der Waals surface area contributed by atoms with Gasteiger partial charge < -0.3 is 10.5 Å². The van der Waals surface area contributed by atoms with Crippen LogP contribution in [0.15, 0.2) is 0 Å². The van der Waals surface area contributed by atoms with Crippen molar-refractivity contribution in [3.63, 3.8) is 0 Å². The van der Waals surface area contributed by atoms with Crippen LogP contribution in [0.3, 0.4) is 0 Å². The van der Waals surface area contributed by atoms with Gasteiger partial charge in [0.2, 0.25) is 0 Å². The summed E-state index contributed by atoms with van der Waals surface area (Å²) in [5.41, 5.74) is 5.09. The van der Waals surface area contributed by atoms with Crippen LogP contribution in [0.2, 0.25) is 0 Å². The number of ether oxygens (including phenoxy) is 1. The van der Waals surface area contributed by atoms with E-state index in [4.69, 9.17) is 15.9 Å². The first-order chi connectivity index (χ1) is 5.07. The van der Waals surface area contributed by atoms with E-state index in [0.29, 0.717) is 6.42 Å². The van der Waals surface area contributed by atoms with E-state index in [2.05, 4.69) is 0 Å². The summed E-state index contributed by atoms with van der Waals surface area (Å²) < 4.78 is 4.76. The zero-order valence-corrected chi connectivity index (χ0v) is 6.89. The maximum Gasteiger partial charge on any atom is 0.306 e. The van der Waals surface area contributed by atoms with Crippen molar-refractivity contribution in [2.24, 2.45) is 5.73 Å². The van der Waals surface area contributed by atoms with E-state index in [-0.39, 0.29) is 11.8 Å². The van der Waals surface area contributed by atoms with Gasteiger partial charge in [-0.25, -0.2) is 0 Å². The minimum absolute atomic E-state index is 0.116. The third-order valence-electron chi connectivity index (χ3n) is 1.20.